The Kier molecular flexibility index (Phi) is 7.44. The second kappa shape index (κ2) is 8.82. The summed E-state index contributed by atoms with van der Waals surface area (Å²) in [5.74, 6) is -1.70. The Bertz CT molecular complexity index is 593. The summed E-state index contributed by atoms with van der Waals surface area (Å²) in [6, 6.07) is 2.14. The molecule has 0 fully saturated rings. The van der Waals surface area contributed by atoms with Gasteiger partial charge in [0.15, 0.2) is 6.61 Å². The molecular weight excluding hydrogens is 355 g/mol. The van der Waals surface area contributed by atoms with E-state index < -0.39 is 24.5 Å². The molecule has 6 nitrogen and oxygen atoms in total. The maximum atomic E-state index is 11.9. The lowest BCUT2D eigenvalue weighted by atomic mass is 10.2. The van der Waals surface area contributed by atoms with Crippen molar-refractivity contribution in [2.75, 3.05) is 13.2 Å². The van der Waals surface area contributed by atoms with E-state index in [2.05, 4.69) is 5.32 Å². The minimum absolute atomic E-state index is 0.0421. The monoisotopic (exact) mass is 366 g/mol. The first-order chi connectivity index (χ1) is 10.4. The van der Waals surface area contributed by atoms with Crippen LogP contribution in [0.3, 0.4) is 0 Å². The third-order valence-corrected chi connectivity index (χ3v) is 3.49. The number of imide groups is 1. The lowest BCUT2D eigenvalue weighted by Gasteiger charge is -2.09. The number of esters is 1. The van der Waals surface area contributed by atoms with Gasteiger partial charge >= 0.3 is 12.0 Å². The molecule has 2 N–H and O–H groups in total. The number of ether oxygens (including phenoxy) is 1. The van der Waals surface area contributed by atoms with Crippen molar-refractivity contribution in [1.29, 1.82) is 0 Å². The van der Waals surface area contributed by atoms with Crippen LogP contribution in [-0.2, 0) is 9.53 Å². The van der Waals surface area contributed by atoms with Crippen molar-refractivity contribution >= 4 is 52.7 Å². The second-order valence-electron chi connectivity index (χ2n) is 4.10. The van der Waals surface area contributed by atoms with Gasteiger partial charge in [0.05, 0.1) is 20.6 Å². The lowest BCUT2D eigenvalue weighted by molar-refractivity contribution is -0.123. The largest absolute Gasteiger partial charge is 0.452 e. The van der Waals surface area contributed by atoms with Crippen LogP contribution in [0.5, 0.6) is 0 Å². The van der Waals surface area contributed by atoms with Crippen molar-refractivity contribution in [3.63, 3.8) is 0 Å². The molecule has 0 heterocycles. The highest BCUT2D eigenvalue weighted by atomic mass is 35.5. The second-order valence-corrected chi connectivity index (χ2v) is 5.29. The molecule has 0 aliphatic carbocycles. The molecule has 1 rings (SSSR count). The predicted octanol–water partition coefficient (Wildman–Crippen LogP) is 3.04. The van der Waals surface area contributed by atoms with Gasteiger partial charge in [-0.3, -0.25) is 10.1 Å². The Morgan fingerprint density at radius 1 is 1.14 bits per heavy atom. The molecule has 0 aliphatic rings. The molecular formula is C13H13Cl3N2O4. The highest BCUT2D eigenvalue weighted by Gasteiger charge is 2.20. The van der Waals surface area contributed by atoms with Gasteiger partial charge in [-0.25, -0.2) is 9.59 Å². The first kappa shape index (κ1) is 18.5. The average Bonchev–Trinajstić information content (AvgIpc) is 2.47. The van der Waals surface area contributed by atoms with E-state index in [1.165, 1.54) is 12.1 Å². The van der Waals surface area contributed by atoms with E-state index in [0.717, 1.165) is 6.42 Å². The normalized spacial score (nSPS) is 10.0. The minimum Gasteiger partial charge on any atom is -0.452 e. The van der Waals surface area contributed by atoms with Crippen molar-refractivity contribution in [3.8, 4) is 0 Å². The van der Waals surface area contributed by atoms with Crippen molar-refractivity contribution in [2.45, 2.75) is 13.3 Å². The van der Waals surface area contributed by atoms with Crippen LogP contribution in [0.15, 0.2) is 12.1 Å². The Hall–Kier alpha value is -1.50. The number of halogens is 3. The third-order valence-electron chi connectivity index (χ3n) is 2.37. The standard InChI is InChI=1S/C13H13Cl3N2O4/c1-2-5-17-13(21)18-9(19)6-22-12(20)10-7(14)3-4-8(15)11(10)16/h3-4H,2,5-6H2,1H3,(H2,17,18,19,21). The number of carbonyl (C=O) groups excluding carboxylic acids is 3. The third kappa shape index (κ3) is 5.36. The van der Waals surface area contributed by atoms with Crippen molar-refractivity contribution < 1.29 is 19.1 Å². The molecule has 3 amide bonds. The topological polar surface area (TPSA) is 84.5 Å². The van der Waals surface area contributed by atoms with E-state index in [9.17, 15) is 14.4 Å². The molecule has 22 heavy (non-hydrogen) atoms. The number of amides is 3. The number of benzene rings is 1. The first-order valence-corrected chi connectivity index (χ1v) is 7.38. The fourth-order valence-corrected chi connectivity index (χ4v) is 2.05. The molecule has 0 saturated heterocycles. The number of rotatable bonds is 5. The Morgan fingerprint density at radius 2 is 1.77 bits per heavy atom. The van der Waals surface area contributed by atoms with E-state index in [1.807, 2.05) is 12.2 Å². The van der Waals surface area contributed by atoms with Crippen LogP contribution >= 0.6 is 34.8 Å². The Labute approximate surface area is 142 Å². The van der Waals surface area contributed by atoms with Gasteiger partial charge in [-0.05, 0) is 18.6 Å². The quantitative estimate of drug-likeness (QED) is 0.619. The SMILES string of the molecule is CCCNC(=O)NC(=O)COC(=O)c1c(Cl)ccc(Cl)c1Cl. The molecule has 0 bridgehead atoms. The summed E-state index contributed by atoms with van der Waals surface area (Å²) in [4.78, 5) is 34.6. The summed E-state index contributed by atoms with van der Waals surface area (Å²) in [6.45, 7) is 1.63. The van der Waals surface area contributed by atoms with Crippen molar-refractivity contribution in [1.82, 2.24) is 10.6 Å². The minimum atomic E-state index is -0.915. The highest BCUT2D eigenvalue weighted by molar-refractivity contribution is 6.46. The molecule has 1 aromatic rings. The molecule has 0 aliphatic heterocycles. The summed E-state index contributed by atoms with van der Waals surface area (Å²) in [5, 5.41) is 4.54. The lowest BCUT2D eigenvalue weighted by Crippen LogP contribution is -2.41. The highest BCUT2D eigenvalue weighted by Crippen LogP contribution is 2.31. The van der Waals surface area contributed by atoms with E-state index in [1.54, 1.807) is 0 Å². The summed E-state index contributed by atoms with van der Waals surface area (Å²) < 4.78 is 4.75. The summed E-state index contributed by atoms with van der Waals surface area (Å²) in [6.07, 6.45) is 0.725. The predicted molar refractivity (Wildman–Crippen MR) is 83.6 cm³/mol. The van der Waals surface area contributed by atoms with Crippen LogP contribution in [0.25, 0.3) is 0 Å². The van der Waals surface area contributed by atoms with E-state index >= 15 is 0 Å². The maximum Gasteiger partial charge on any atom is 0.341 e. The van der Waals surface area contributed by atoms with E-state index in [-0.39, 0.29) is 20.6 Å². The molecule has 1 aromatic carbocycles. The van der Waals surface area contributed by atoms with Crippen LogP contribution in [0, 0.1) is 0 Å². The number of hydrogen-bond donors (Lipinski definition) is 2. The molecule has 0 radical (unpaired) electrons. The molecule has 0 atom stereocenters. The zero-order valence-corrected chi connectivity index (χ0v) is 13.8. The zero-order chi connectivity index (χ0) is 16.7. The fraction of sp³-hybridized carbons (Fsp3) is 0.308. The van der Waals surface area contributed by atoms with Gasteiger partial charge in [-0.15, -0.1) is 0 Å². The van der Waals surface area contributed by atoms with Gasteiger partial charge in [0, 0.05) is 6.54 Å². The fourth-order valence-electron chi connectivity index (χ4n) is 1.36. The summed E-state index contributed by atoms with van der Waals surface area (Å²) in [5.41, 5.74) is -0.140. The van der Waals surface area contributed by atoms with Gasteiger partial charge in [-0.1, -0.05) is 41.7 Å². The van der Waals surface area contributed by atoms with Gasteiger partial charge in [0.1, 0.15) is 0 Å². The number of hydrogen-bond acceptors (Lipinski definition) is 4. The number of carbonyl (C=O) groups is 3. The van der Waals surface area contributed by atoms with E-state index in [4.69, 9.17) is 39.5 Å². The van der Waals surface area contributed by atoms with Gasteiger partial charge in [-0.2, -0.15) is 0 Å². The number of nitrogens with one attached hydrogen (secondary N) is 2. The summed E-state index contributed by atoms with van der Waals surface area (Å²) in [7, 11) is 0. The molecule has 0 spiro atoms. The Morgan fingerprint density at radius 3 is 2.41 bits per heavy atom. The smallest absolute Gasteiger partial charge is 0.341 e. The summed E-state index contributed by atoms with van der Waals surface area (Å²) >= 11 is 17.5. The molecule has 120 valence electrons. The van der Waals surface area contributed by atoms with Crippen LogP contribution in [0.1, 0.15) is 23.7 Å². The Balaban J connectivity index is 2.58. The zero-order valence-electron chi connectivity index (χ0n) is 11.5. The van der Waals surface area contributed by atoms with Crippen LogP contribution in [0.4, 0.5) is 4.79 Å². The molecule has 0 unspecified atom stereocenters. The first-order valence-electron chi connectivity index (χ1n) is 6.25. The van der Waals surface area contributed by atoms with Gasteiger partial charge in [0.25, 0.3) is 5.91 Å². The molecule has 9 heteroatoms. The van der Waals surface area contributed by atoms with Crippen LogP contribution in [-0.4, -0.2) is 31.1 Å². The van der Waals surface area contributed by atoms with Gasteiger partial charge < -0.3 is 10.1 Å². The van der Waals surface area contributed by atoms with E-state index in [0.29, 0.717) is 6.54 Å². The van der Waals surface area contributed by atoms with Crippen LogP contribution < -0.4 is 10.6 Å². The molecule has 0 saturated carbocycles. The average molecular weight is 368 g/mol. The van der Waals surface area contributed by atoms with Gasteiger partial charge in [0.2, 0.25) is 0 Å². The van der Waals surface area contributed by atoms with Crippen molar-refractivity contribution in [2.24, 2.45) is 0 Å². The van der Waals surface area contributed by atoms with Crippen molar-refractivity contribution in [3.05, 3.63) is 32.8 Å². The van der Waals surface area contributed by atoms with Crippen LogP contribution in [0.2, 0.25) is 15.1 Å². The maximum absolute atomic E-state index is 11.9. The molecule has 0 aromatic heterocycles. The number of urea groups is 1.